The van der Waals surface area contributed by atoms with Gasteiger partial charge in [-0.2, -0.15) is 0 Å². The van der Waals surface area contributed by atoms with Crippen LogP contribution in [-0.2, 0) is 9.59 Å². The van der Waals surface area contributed by atoms with Gasteiger partial charge in [-0.25, -0.2) is 0 Å². The van der Waals surface area contributed by atoms with Crippen LogP contribution in [0.1, 0.15) is 11.1 Å². The van der Waals surface area contributed by atoms with Crippen LogP contribution < -0.4 is 15.0 Å². The Morgan fingerprint density at radius 2 is 2.08 bits per heavy atom. The van der Waals surface area contributed by atoms with Crippen molar-refractivity contribution in [3.63, 3.8) is 0 Å². The Hall–Kier alpha value is -2.53. The summed E-state index contributed by atoms with van der Waals surface area (Å²) in [6.07, 6.45) is 0. The number of hydrogen-bond donors (Lipinski definition) is 1. The van der Waals surface area contributed by atoms with E-state index in [9.17, 15) is 9.59 Å². The lowest BCUT2D eigenvalue weighted by atomic mass is 10.1. The van der Waals surface area contributed by atoms with Crippen LogP contribution in [0.4, 0.5) is 11.4 Å². The van der Waals surface area contributed by atoms with Crippen molar-refractivity contribution in [3.05, 3.63) is 52.5 Å². The molecule has 2 amide bonds. The lowest BCUT2D eigenvalue weighted by molar-refractivity contribution is -0.123. The molecule has 0 bridgehead atoms. The lowest BCUT2D eigenvalue weighted by Gasteiger charge is -2.29. The molecule has 3 rings (SSSR count). The fourth-order valence-electron chi connectivity index (χ4n) is 2.60. The standard InChI is InChI=1S/C18H17ClN2O3/c1-11-6-7-14-15(8-11)24-10-17(23)21(14)9-16(22)20-18-12(2)4-3-5-13(18)19/h3-8H,9-10H2,1-2H3,(H,20,22). The van der Waals surface area contributed by atoms with E-state index < -0.39 is 0 Å². The highest BCUT2D eigenvalue weighted by Crippen LogP contribution is 2.33. The van der Waals surface area contributed by atoms with Gasteiger partial charge in [-0.1, -0.05) is 29.8 Å². The van der Waals surface area contributed by atoms with Gasteiger partial charge in [-0.05, 0) is 43.2 Å². The molecule has 1 aliphatic heterocycles. The summed E-state index contributed by atoms with van der Waals surface area (Å²) in [5, 5.41) is 3.25. The number of fused-ring (bicyclic) bond motifs is 1. The second-order valence-electron chi connectivity index (χ2n) is 5.72. The van der Waals surface area contributed by atoms with E-state index in [4.69, 9.17) is 16.3 Å². The number of para-hydroxylation sites is 1. The summed E-state index contributed by atoms with van der Waals surface area (Å²) in [5.74, 6) is 0.0432. The minimum atomic E-state index is -0.312. The molecule has 0 radical (unpaired) electrons. The average molecular weight is 345 g/mol. The van der Waals surface area contributed by atoms with Gasteiger partial charge in [0.25, 0.3) is 5.91 Å². The van der Waals surface area contributed by atoms with Crippen molar-refractivity contribution in [2.45, 2.75) is 13.8 Å². The van der Waals surface area contributed by atoms with Gasteiger partial charge in [0.1, 0.15) is 12.3 Å². The monoisotopic (exact) mass is 344 g/mol. The number of rotatable bonds is 3. The number of amides is 2. The van der Waals surface area contributed by atoms with Crippen molar-refractivity contribution in [2.75, 3.05) is 23.4 Å². The molecule has 0 spiro atoms. The highest BCUT2D eigenvalue weighted by molar-refractivity contribution is 6.34. The second-order valence-corrected chi connectivity index (χ2v) is 6.13. The first-order valence-electron chi connectivity index (χ1n) is 7.54. The van der Waals surface area contributed by atoms with E-state index in [1.165, 1.54) is 4.90 Å². The van der Waals surface area contributed by atoms with Gasteiger partial charge in [-0.15, -0.1) is 0 Å². The number of nitrogens with one attached hydrogen (secondary N) is 1. The summed E-state index contributed by atoms with van der Waals surface area (Å²) in [5.41, 5.74) is 3.05. The Kier molecular flexibility index (Phi) is 4.44. The molecule has 1 aliphatic rings. The molecule has 0 saturated carbocycles. The number of carbonyl (C=O) groups excluding carboxylic acids is 2. The van der Waals surface area contributed by atoms with Crippen LogP contribution in [-0.4, -0.2) is 25.0 Å². The van der Waals surface area contributed by atoms with E-state index in [0.717, 1.165) is 11.1 Å². The summed E-state index contributed by atoms with van der Waals surface area (Å²) in [7, 11) is 0. The van der Waals surface area contributed by atoms with Gasteiger partial charge in [0, 0.05) is 0 Å². The molecule has 1 heterocycles. The van der Waals surface area contributed by atoms with Crippen molar-refractivity contribution >= 4 is 34.8 Å². The summed E-state index contributed by atoms with van der Waals surface area (Å²) in [6.45, 7) is 3.63. The highest BCUT2D eigenvalue weighted by atomic mass is 35.5. The van der Waals surface area contributed by atoms with Crippen LogP contribution in [0, 0.1) is 13.8 Å². The predicted octanol–water partition coefficient (Wildman–Crippen LogP) is 3.32. The number of carbonyl (C=O) groups is 2. The molecular formula is C18H17ClN2O3. The number of benzene rings is 2. The summed E-state index contributed by atoms with van der Waals surface area (Å²) < 4.78 is 5.44. The number of nitrogens with zero attached hydrogens (tertiary/aromatic N) is 1. The average Bonchev–Trinajstić information content (AvgIpc) is 2.54. The Balaban J connectivity index is 1.81. The molecule has 2 aromatic carbocycles. The van der Waals surface area contributed by atoms with E-state index >= 15 is 0 Å². The third kappa shape index (κ3) is 3.21. The highest BCUT2D eigenvalue weighted by Gasteiger charge is 2.27. The summed E-state index contributed by atoms with van der Waals surface area (Å²) in [6, 6.07) is 10.9. The van der Waals surface area contributed by atoms with Crippen molar-refractivity contribution in [1.82, 2.24) is 0 Å². The lowest BCUT2D eigenvalue weighted by Crippen LogP contribution is -2.43. The molecule has 2 aromatic rings. The quantitative estimate of drug-likeness (QED) is 0.929. The number of halogens is 1. The van der Waals surface area contributed by atoms with Crippen molar-refractivity contribution < 1.29 is 14.3 Å². The van der Waals surface area contributed by atoms with Crippen LogP contribution in [0.25, 0.3) is 0 Å². The molecule has 124 valence electrons. The molecule has 0 aliphatic carbocycles. The van der Waals surface area contributed by atoms with Gasteiger partial charge >= 0.3 is 0 Å². The van der Waals surface area contributed by atoms with Gasteiger partial charge in [-0.3, -0.25) is 14.5 Å². The molecular weight excluding hydrogens is 328 g/mol. The normalized spacial score (nSPS) is 13.3. The largest absolute Gasteiger partial charge is 0.482 e. The minimum Gasteiger partial charge on any atom is -0.482 e. The second kappa shape index (κ2) is 6.53. The maximum atomic E-state index is 12.4. The van der Waals surface area contributed by atoms with Gasteiger partial charge in [0.2, 0.25) is 5.91 Å². The minimum absolute atomic E-state index is 0.0745. The molecule has 0 unspecified atom stereocenters. The van der Waals surface area contributed by atoms with Crippen LogP contribution >= 0.6 is 11.6 Å². The van der Waals surface area contributed by atoms with E-state index in [1.54, 1.807) is 12.1 Å². The Labute approximate surface area is 145 Å². The van der Waals surface area contributed by atoms with Crippen LogP contribution in [0.5, 0.6) is 5.75 Å². The Morgan fingerprint density at radius 1 is 1.29 bits per heavy atom. The predicted molar refractivity (Wildman–Crippen MR) is 93.8 cm³/mol. The van der Waals surface area contributed by atoms with Crippen molar-refractivity contribution in [1.29, 1.82) is 0 Å². The first-order chi connectivity index (χ1) is 11.5. The fourth-order valence-corrected chi connectivity index (χ4v) is 2.87. The molecule has 0 saturated heterocycles. The number of anilines is 2. The molecule has 0 aromatic heterocycles. The topological polar surface area (TPSA) is 58.6 Å². The fraction of sp³-hybridized carbons (Fsp3) is 0.222. The maximum Gasteiger partial charge on any atom is 0.265 e. The van der Waals surface area contributed by atoms with E-state index in [2.05, 4.69) is 5.32 Å². The molecule has 24 heavy (non-hydrogen) atoms. The zero-order valence-corrected chi connectivity index (χ0v) is 14.2. The Morgan fingerprint density at radius 3 is 2.83 bits per heavy atom. The van der Waals surface area contributed by atoms with E-state index in [0.29, 0.717) is 22.1 Å². The summed E-state index contributed by atoms with van der Waals surface area (Å²) in [4.78, 5) is 26.0. The number of ether oxygens (including phenoxy) is 1. The Bertz CT molecular complexity index is 800. The number of hydrogen-bond acceptors (Lipinski definition) is 3. The third-order valence-electron chi connectivity index (χ3n) is 3.85. The first-order valence-corrected chi connectivity index (χ1v) is 7.92. The van der Waals surface area contributed by atoms with E-state index in [-0.39, 0.29) is 25.0 Å². The maximum absolute atomic E-state index is 12.4. The van der Waals surface area contributed by atoms with Gasteiger partial charge in [0.05, 0.1) is 16.4 Å². The number of aryl methyl sites for hydroxylation is 2. The van der Waals surface area contributed by atoms with E-state index in [1.807, 2.05) is 38.1 Å². The van der Waals surface area contributed by atoms with Gasteiger partial charge in [0.15, 0.2) is 6.61 Å². The SMILES string of the molecule is Cc1ccc2c(c1)OCC(=O)N2CC(=O)Nc1c(C)cccc1Cl. The molecule has 0 fully saturated rings. The smallest absolute Gasteiger partial charge is 0.265 e. The zero-order chi connectivity index (χ0) is 17.3. The zero-order valence-electron chi connectivity index (χ0n) is 13.4. The molecule has 1 N–H and O–H groups in total. The van der Waals surface area contributed by atoms with Crippen LogP contribution in [0.15, 0.2) is 36.4 Å². The summed E-state index contributed by atoms with van der Waals surface area (Å²) >= 11 is 6.13. The molecule has 5 nitrogen and oxygen atoms in total. The van der Waals surface area contributed by atoms with Crippen LogP contribution in [0.3, 0.4) is 0 Å². The van der Waals surface area contributed by atoms with Crippen molar-refractivity contribution in [2.24, 2.45) is 0 Å². The van der Waals surface area contributed by atoms with Crippen LogP contribution in [0.2, 0.25) is 5.02 Å². The first kappa shape index (κ1) is 16.3. The van der Waals surface area contributed by atoms with Crippen molar-refractivity contribution in [3.8, 4) is 5.75 Å². The molecule has 6 heteroatoms. The molecule has 0 atom stereocenters. The van der Waals surface area contributed by atoms with Gasteiger partial charge < -0.3 is 10.1 Å². The third-order valence-corrected chi connectivity index (χ3v) is 4.16.